The lowest BCUT2D eigenvalue weighted by Gasteiger charge is -2.06. The molecule has 0 N–H and O–H groups in total. The predicted molar refractivity (Wildman–Crippen MR) is 56.0 cm³/mol. The van der Waals surface area contributed by atoms with Crippen molar-refractivity contribution in [1.82, 2.24) is 0 Å². The third-order valence-corrected chi connectivity index (χ3v) is 3.18. The summed E-state index contributed by atoms with van der Waals surface area (Å²) in [6.45, 7) is 1.34. The van der Waals surface area contributed by atoms with Crippen LogP contribution in [0.3, 0.4) is 0 Å². The molecule has 0 saturated heterocycles. The molecule has 82 valence electrons. The quantitative estimate of drug-likeness (QED) is 0.605. The highest BCUT2D eigenvalue weighted by molar-refractivity contribution is 8.13. The van der Waals surface area contributed by atoms with E-state index in [-0.39, 0.29) is 22.0 Å². The van der Waals surface area contributed by atoms with Gasteiger partial charge in [-0.2, -0.15) is 0 Å². The van der Waals surface area contributed by atoms with Gasteiger partial charge in [-0.1, -0.05) is 0 Å². The minimum absolute atomic E-state index is 0.120. The molecule has 4 nitrogen and oxygen atoms in total. The van der Waals surface area contributed by atoms with Gasteiger partial charge in [0.15, 0.2) is 5.78 Å². The topological polar surface area (TPSA) is 60.4 Å². The van der Waals surface area contributed by atoms with Gasteiger partial charge in [0.05, 0.1) is 7.11 Å². The van der Waals surface area contributed by atoms with E-state index in [4.69, 9.17) is 15.4 Å². The van der Waals surface area contributed by atoms with Crippen molar-refractivity contribution in [1.29, 1.82) is 0 Å². The summed E-state index contributed by atoms with van der Waals surface area (Å²) >= 11 is 0. The Morgan fingerprint density at radius 1 is 1.40 bits per heavy atom. The smallest absolute Gasteiger partial charge is 0.265 e. The highest BCUT2D eigenvalue weighted by Crippen LogP contribution is 2.27. The summed E-state index contributed by atoms with van der Waals surface area (Å²) in [4.78, 5) is 10.9. The summed E-state index contributed by atoms with van der Waals surface area (Å²) in [5.74, 6) is -0.116. The second-order valence-electron chi connectivity index (χ2n) is 2.86. The Balaban J connectivity index is 3.46. The number of hydrogen-bond acceptors (Lipinski definition) is 4. The van der Waals surface area contributed by atoms with Crippen LogP contribution in [0.1, 0.15) is 17.3 Å². The number of halogens is 1. The van der Waals surface area contributed by atoms with Crippen molar-refractivity contribution in [3.8, 4) is 5.75 Å². The van der Waals surface area contributed by atoms with E-state index in [1.165, 1.54) is 32.2 Å². The van der Waals surface area contributed by atoms with Gasteiger partial charge >= 0.3 is 0 Å². The second kappa shape index (κ2) is 4.20. The van der Waals surface area contributed by atoms with Gasteiger partial charge in [-0.15, -0.1) is 0 Å². The van der Waals surface area contributed by atoms with Crippen molar-refractivity contribution >= 4 is 25.5 Å². The third-order valence-electron chi connectivity index (χ3n) is 1.83. The van der Waals surface area contributed by atoms with E-state index in [1.54, 1.807) is 0 Å². The Hall–Kier alpha value is -1.07. The Morgan fingerprint density at radius 2 is 2.00 bits per heavy atom. The molecule has 0 spiro atoms. The highest BCUT2D eigenvalue weighted by atomic mass is 35.7. The highest BCUT2D eigenvalue weighted by Gasteiger charge is 2.18. The van der Waals surface area contributed by atoms with E-state index >= 15 is 0 Å². The molecule has 0 aliphatic heterocycles. The monoisotopic (exact) mass is 248 g/mol. The SMILES string of the molecule is COc1ccc(C(C)=O)cc1S(=O)(=O)Cl. The molecule has 0 saturated carbocycles. The Bertz CT molecular complexity index is 493. The van der Waals surface area contributed by atoms with Crippen LogP contribution in [0.5, 0.6) is 5.75 Å². The number of rotatable bonds is 3. The fourth-order valence-electron chi connectivity index (χ4n) is 1.09. The van der Waals surface area contributed by atoms with Crippen molar-refractivity contribution in [3.63, 3.8) is 0 Å². The fraction of sp³-hybridized carbons (Fsp3) is 0.222. The zero-order valence-electron chi connectivity index (χ0n) is 8.15. The number of methoxy groups -OCH3 is 1. The lowest BCUT2D eigenvalue weighted by atomic mass is 10.1. The largest absolute Gasteiger partial charge is 0.495 e. The third kappa shape index (κ3) is 2.70. The van der Waals surface area contributed by atoms with Crippen LogP contribution in [0.4, 0.5) is 0 Å². The van der Waals surface area contributed by atoms with Crippen LogP contribution in [0.2, 0.25) is 0 Å². The number of hydrogen-bond donors (Lipinski definition) is 0. The number of ether oxygens (including phenoxy) is 1. The summed E-state index contributed by atoms with van der Waals surface area (Å²) in [5, 5.41) is 0. The van der Waals surface area contributed by atoms with Gasteiger partial charge < -0.3 is 4.74 Å². The summed E-state index contributed by atoms with van der Waals surface area (Å²) in [6, 6.07) is 4.07. The summed E-state index contributed by atoms with van der Waals surface area (Å²) in [7, 11) is 2.62. The first-order valence-electron chi connectivity index (χ1n) is 4.00. The standard InChI is InChI=1S/C9H9ClO4S/c1-6(11)7-3-4-8(14-2)9(5-7)15(10,12)13/h3-5H,1-2H3. The van der Waals surface area contributed by atoms with Gasteiger partial charge in [0.1, 0.15) is 10.6 Å². The molecule has 1 aromatic carbocycles. The molecule has 0 aromatic heterocycles. The molecule has 1 aromatic rings. The van der Waals surface area contributed by atoms with E-state index in [0.717, 1.165) is 0 Å². The lowest BCUT2D eigenvalue weighted by molar-refractivity contribution is 0.101. The maximum atomic E-state index is 11.2. The lowest BCUT2D eigenvalue weighted by Crippen LogP contribution is -2.00. The van der Waals surface area contributed by atoms with Crippen molar-refractivity contribution in [2.45, 2.75) is 11.8 Å². The number of Topliss-reactive ketones (excluding diaryl/α,β-unsaturated/α-hetero) is 1. The molecule has 15 heavy (non-hydrogen) atoms. The molecular weight excluding hydrogens is 240 g/mol. The normalized spacial score (nSPS) is 11.1. The molecule has 0 bridgehead atoms. The second-order valence-corrected chi connectivity index (χ2v) is 5.39. The van der Waals surface area contributed by atoms with Crippen LogP contribution >= 0.6 is 10.7 Å². The molecule has 0 aliphatic rings. The molecular formula is C9H9ClO4S. The first-order valence-corrected chi connectivity index (χ1v) is 6.31. The molecule has 0 aliphatic carbocycles. The maximum Gasteiger partial charge on any atom is 0.265 e. The molecule has 0 radical (unpaired) electrons. The Morgan fingerprint density at radius 3 is 2.40 bits per heavy atom. The van der Waals surface area contributed by atoms with E-state index in [2.05, 4.69) is 0 Å². The number of benzene rings is 1. The molecule has 6 heteroatoms. The predicted octanol–water partition coefficient (Wildman–Crippen LogP) is 1.83. The Kier molecular flexibility index (Phi) is 3.36. The van der Waals surface area contributed by atoms with E-state index < -0.39 is 9.05 Å². The Labute approximate surface area is 92.2 Å². The molecule has 0 unspecified atom stereocenters. The van der Waals surface area contributed by atoms with Gasteiger partial charge in [0.25, 0.3) is 9.05 Å². The maximum absolute atomic E-state index is 11.2. The number of carbonyl (C=O) groups excluding carboxylic acids is 1. The summed E-state index contributed by atoms with van der Waals surface area (Å²) in [5.41, 5.74) is 0.273. The average molecular weight is 249 g/mol. The van der Waals surface area contributed by atoms with Gasteiger partial charge in [-0.3, -0.25) is 4.79 Å². The molecule has 0 fully saturated rings. The molecule has 1 rings (SSSR count). The van der Waals surface area contributed by atoms with Crippen LogP contribution in [-0.4, -0.2) is 21.3 Å². The first-order chi connectivity index (χ1) is 6.86. The zero-order chi connectivity index (χ0) is 11.6. The van der Waals surface area contributed by atoms with Gasteiger partial charge in [-0.05, 0) is 25.1 Å². The molecule has 0 amide bonds. The summed E-state index contributed by atoms with van der Waals surface area (Å²) < 4.78 is 27.2. The van der Waals surface area contributed by atoms with Crippen LogP contribution < -0.4 is 4.74 Å². The van der Waals surface area contributed by atoms with Crippen molar-refractivity contribution in [2.24, 2.45) is 0 Å². The van der Waals surface area contributed by atoms with Crippen LogP contribution in [0, 0.1) is 0 Å². The van der Waals surface area contributed by atoms with Crippen molar-refractivity contribution in [2.75, 3.05) is 7.11 Å². The summed E-state index contributed by atoms with van der Waals surface area (Å²) in [6.07, 6.45) is 0. The molecule has 0 atom stereocenters. The van der Waals surface area contributed by atoms with E-state index in [0.29, 0.717) is 0 Å². The minimum atomic E-state index is -3.91. The number of ketones is 1. The van der Waals surface area contributed by atoms with Crippen LogP contribution in [-0.2, 0) is 9.05 Å². The molecule has 0 heterocycles. The van der Waals surface area contributed by atoms with Crippen molar-refractivity contribution < 1.29 is 17.9 Å². The minimum Gasteiger partial charge on any atom is -0.495 e. The van der Waals surface area contributed by atoms with Gasteiger partial charge in [-0.25, -0.2) is 8.42 Å². The van der Waals surface area contributed by atoms with Crippen LogP contribution in [0.15, 0.2) is 23.1 Å². The van der Waals surface area contributed by atoms with E-state index in [9.17, 15) is 13.2 Å². The fourth-order valence-corrected chi connectivity index (χ4v) is 2.11. The van der Waals surface area contributed by atoms with E-state index in [1.807, 2.05) is 0 Å². The van der Waals surface area contributed by atoms with Crippen LogP contribution in [0.25, 0.3) is 0 Å². The van der Waals surface area contributed by atoms with Gasteiger partial charge in [0, 0.05) is 16.2 Å². The number of carbonyl (C=O) groups is 1. The first kappa shape index (κ1) is 12.0. The van der Waals surface area contributed by atoms with Gasteiger partial charge in [0.2, 0.25) is 0 Å². The average Bonchev–Trinajstić information content (AvgIpc) is 2.15. The zero-order valence-corrected chi connectivity index (χ0v) is 9.72. The van der Waals surface area contributed by atoms with Crippen molar-refractivity contribution in [3.05, 3.63) is 23.8 Å².